The lowest BCUT2D eigenvalue weighted by Gasteiger charge is -2.34. The maximum Gasteiger partial charge on any atom is 0.305 e. The van der Waals surface area contributed by atoms with Crippen molar-refractivity contribution in [3.05, 3.63) is 40.4 Å². The highest BCUT2D eigenvalue weighted by Gasteiger charge is 2.32. The van der Waals surface area contributed by atoms with Crippen LogP contribution in [0.25, 0.3) is 5.57 Å². The number of aliphatic imine (C=N–C) groups is 1. The van der Waals surface area contributed by atoms with Crippen LogP contribution >= 0.6 is 15.9 Å². The molecule has 0 radical (unpaired) electrons. The van der Waals surface area contributed by atoms with Gasteiger partial charge in [-0.05, 0) is 49.6 Å². The third-order valence-corrected chi connectivity index (χ3v) is 4.55. The average molecular weight is 364 g/mol. The predicted molar refractivity (Wildman–Crippen MR) is 94.1 cm³/mol. The van der Waals surface area contributed by atoms with Crippen molar-refractivity contribution in [1.29, 1.82) is 0 Å². The zero-order valence-electron chi connectivity index (χ0n) is 13.4. The van der Waals surface area contributed by atoms with E-state index in [4.69, 9.17) is 4.74 Å². The third-order valence-electron chi connectivity index (χ3n) is 4.02. The first kappa shape index (κ1) is 16.9. The summed E-state index contributed by atoms with van der Waals surface area (Å²) in [6, 6.07) is 8.31. The van der Waals surface area contributed by atoms with Gasteiger partial charge >= 0.3 is 5.97 Å². The number of carbonyl (C=O) groups is 1. The lowest BCUT2D eigenvalue weighted by atomic mass is 9.73. The Balaban J connectivity index is 2.23. The number of dihydropyridines is 1. The Hall–Kier alpha value is -1.42. The Bertz CT molecular complexity index is 604. The van der Waals surface area contributed by atoms with Gasteiger partial charge in [0.25, 0.3) is 0 Å². The first-order chi connectivity index (χ1) is 10.4. The highest BCUT2D eigenvalue weighted by molar-refractivity contribution is 9.10. The second-order valence-corrected chi connectivity index (χ2v) is 6.80. The van der Waals surface area contributed by atoms with Crippen LogP contribution in [0.15, 0.2) is 39.8 Å². The number of allylic oxidation sites excluding steroid dienone is 1. The number of hydrogen-bond acceptors (Lipinski definition) is 3. The zero-order valence-corrected chi connectivity index (χ0v) is 14.9. The van der Waals surface area contributed by atoms with Crippen molar-refractivity contribution in [2.24, 2.45) is 10.4 Å². The van der Waals surface area contributed by atoms with Crippen molar-refractivity contribution in [3.8, 4) is 0 Å². The molecule has 3 nitrogen and oxygen atoms in total. The molecule has 0 unspecified atom stereocenters. The Morgan fingerprint density at radius 3 is 2.68 bits per heavy atom. The molecule has 1 aromatic carbocycles. The molecule has 1 heterocycles. The number of halogens is 1. The molecule has 1 aliphatic rings. The van der Waals surface area contributed by atoms with Crippen molar-refractivity contribution < 1.29 is 9.53 Å². The highest BCUT2D eigenvalue weighted by Crippen LogP contribution is 2.41. The molecule has 0 aromatic heterocycles. The molecule has 0 saturated heterocycles. The van der Waals surface area contributed by atoms with Crippen LogP contribution in [-0.4, -0.2) is 24.8 Å². The van der Waals surface area contributed by atoms with Crippen LogP contribution in [0.4, 0.5) is 0 Å². The quantitative estimate of drug-likeness (QED) is 0.713. The molecular weight excluding hydrogens is 342 g/mol. The van der Waals surface area contributed by atoms with E-state index in [2.05, 4.69) is 46.1 Å². The summed E-state index contributed by atoms with van der Waals surface area (Å²) in [6.45, 7) is 7.17. The molecule has 2 rings (SSSR count). The summed E-state index contributed by atoms with van der Waals surface area (Å²) in [7, 11) is 0. The third kappa shape index (κ3) is 4.07. The van der Waals surface area contributed by atoms with E-state index in [0.29, 0.717) is 19.6 Å². The second-order valence-electron chi connectivity index (χ2n) is 5.89. The number of benzene rings is 1. The first-order valence-corrected chi connectivity index (χ1v) is 8.39. The molecule has 0 bridgehead atoms. The summed E-state index contributed by atoms with van der Waals surface area (Å²) in [5.41, 5.74) is 3.33. The van der Waals surface area contributed by atoms with Crippen LogP contribution < -0.4 is 0 Å². The number of nitrogens with zero attached hydrogens (tertiary/aromatic N) is 1. The Morgan fingerprint density at radius 2 is 2.05 bits per heavy atom. The fraction of sp³-hybridized carbons (Fsp3) is 0.444. The van der Waals surface area contributed by atoms with Crippen LogP contribution in [0.5, 0.6) is 0 Å². The molecule has 22 heavy (non-hydrogen) atoms. The molecule has 0 N–H and O–H groups in total. The fourth-order valence-electron chi connectivity index (χ4n) is 2.70. The van der Waals surface area contributed by atoms with E-state index >= 15 is 0 Å². The number of esters is 1. The van der Waals surface area contributed by atoms with Crippen molar-refractivity contribution in [1.82, 2.24) is 0 Å². The van der Waals surface area contributed by atoms with Gasteiger partial charge in [0, 0.05) is 28.6 Å². The largest absolute Gasteiger partial charge is 0.466 e. The second kappa shape index (κ2) is 7.23. The summed E-state index contributed by atoms with van der Waals surface area (Å²) in [6.07, 6.45) is 3.30. The Kier molecular flexibility index (Phi) is 5.57. The molecule has 0 fully saturated rings. The maximum atomic E-state index is 11.7. The Morgan fingerprint density at radius 1 is 1.36 bits per heavy atom. The molecule has 0 aliphatic carbocycles. The topological polar surface area (TPSA) is 38.7 Å². The van der Waals surface area contributed by atoms with Gasteiger partial charge in [0.1, 0.15) is 0 Å². The lowest BCUT2D eigenvalue weighted by Crippen LogP contribution is -2.27. The van der Waals surface area contributed by atoms with E-state index in [1.54, 1.807) is 0 Å². The minimum Gasteiger partial charge on any atom is -0.466 e. The smallest absolute Gasteiger partial charge is 0.305 e. The predicted octanol–water partition coefficient (Wildman–Crippen LogP) is 4.66. The van der Waals surface area contributed by atoms with E-state index in [0.717, 1.165) is 16.6 Å². The van der Waals surface area contributed by atoms with E-state index < -0.39 is 0 Å². The molecule has 0 amide bonds. The minimum atomic E-state index is -0.139. The normalized spacial score (nSPS) is 21.1. The van der Waals surface area contributed by atoms with Gasteiger partial charge in [0.2, 0.25) is 0 Å². The van der Waals surface area contributed by atoms with Crippen molar-refractivity contribution in [2.75, 3.05) is 13.2 Å². The average Bonchev–Trinajstić information content (AvgIpc) is 2.49. The summed E-state index contributed by atoms with van der Waals surface area (Å²) >= 11 is 3.47. The molecule has 1 aliphatic heterocycles. The van der Waals surface area contributed by atoms with Crippen LogP contribution in [0, 0.1) is 5.41 Å². The van der Waals surface area contributed by atoms with E-state index in [9.17, 15) is 4.79 Å². The van der Waals surface area contributed by atoms with E-state index in [1.807, 2.05) is 26.0 Å². The number of rotatable bonds is 5. The molecule has 0 saturated carbocycles. The van der Waals surface area contributed by atoms with Gasteiger partial charge in [-0.2, -0.15) is 0 Å². The van der Waals surface area contributed by atoms with Gasteiger partial charge in [-0.25, -0.2) is 0 Å². The number of ether oxygens (including phenoxy) is 1. The monoisotopic (exact) mass is 363 g/mol. The fourth-order valence-corrected chi connectivity index (χ4v) is 2.96. The maximum absolute atomic E-state index is 11.7. The van der Waals surface area contributed by atoms with Gasteiger partial charge in [-0.15, -0.1) is 0 Å². The van der Waals surface area contributed by atoms with Crippen LogP contribution in [0.1, 0.15) is 39.2 Å². The number of hydrogen-bond donors (Lipinski definition) is 0. The summed E-state index contributed by atoms with van der Waals surface area (Å²) in [5, 5.41) is 0. The SMILES string of the molecule is CCOC(=O)CC[C@@]1(C)CN=C(C)C=C1c1ccc(Br)cc1. The molecule has 1 aromatic rings. The van der Waals surface area contributed by atoms with Crippen LogP contribution in [-0.2, 0) is 9.53 Å². The van der Waals surface area contributed by atoms with Crippen LogP contribution in [0.2, 0.25) is 0 Å². The van der Waals surface area contributed by atoms with Gasteiger partial charge in [-0.1, -0.05) is 35.0 Å². The van der Waals surface area contributed by atoms with Crippen molar-refractivity contribution in [2.45, 2.75) is 33.6 Å². The van der Waals surface area contributed by atoms with E-state index in [1.165, 1.54) is 11.1 Å². The highest BCUT2D eigenvalue weighted by atomic mass is 79.9. The molecule has 4 heteroatoms. The lowest BCUT2D eigenvalue weighted by molar-refractivity contribution is -0.143. The Labute approximate surface area is 140 Å². The summed E-state index contributed by atoms with van der Waals surface area (Å²) in [5.74, 6) is -0.134. The molecule has 1 atom stereocenters. The van der Waals surface area contributed by atoms with Gasteiger partial charge in [0.05, 0.1) is 6.61 Å². The van der Waals surface area contributed by atoms with Crippen molar-refractivity contribution in [3.63, 3.8) is 0 Å². The number of carbonyl (C=O) groups excluding carboxylic acids is 1. The molecule has 118 valence electrons. The summed E-state index contributed by atoms with van der Waals surface area (Å²) < 4.78 is 6.12. The van der Waals surface area contributed by atoms with Gasteiger partial charge < -0.3 is 4.74 Å². The van der Waals surface area contributed by atoms with Gasteiger partial charge in [-0.3, -0.25) is 9.79 Å². The van der Waals surface area contributed by atoms with Crippen LogP contribution in [0.3, 0.4) is 0 Å². The molecule has 0 spiro atoms. The van der Waals surface area contributed by atoms with Gasteiger partial charge in [0.15, 0.2) is 0 Å². The minimum absolute atomic E-state index is 0.134. The van der Waals surface area contributed by atoms with E-state index in [-0.39, 0.29) is 11.4 Å². The zero-order chi connectivity index (χ0) is 16.2. The standard InChI is InChI=1S/C18H22BrNO2/c1-4-22-17(21)9-10-18(3)12-20-13(2)11-16(18)14-5-7-15(19)8-6-14/h5-8,11H,4,9-10,12H2,1-3H3/t18-/m0/s1. The van der Waals surface area contributed by atoms with Crippen molar-refractivity contribution >= 4 is 33.2 Å². The molecular formula is C18H22BrNO2. The first-order valence-electron chi connectivity index (χ1n) is 7.59. The summed E-state index contributed by atoms with van der Waals surface area (Å²) in [4.78, 5) is 16.3.